The molecule has 5 heteroatoms. The standard InChI is InChI=1S/C16H21NO4/c1-21-13-8-5-12(6-9-13)7-10-15(18)17-11-3-2-4-14(17)16(19)20/h5-6,8-9,14H,2-4,7,10-11H2,1H3,(H,19,20)/t14-/m0/s1. The van der Waals surface area contributed by atoms with E-state index in [2.05, 4.69) is 0 Å². The Morgan fingerprint density at radius 3 is 2.62 bits per heavy atom. The first-order valence-corrected chi connectivity index (χ1v) is 7.27. The quantitative estimate of drug-likeness (QED) is 0.902. The Labute approximate surface area is 124 Å². The number of nitrogens with zero attached hydrogens (tertiary/aromatic N) is 1. The van der Waals surface area contributed by atoms with Crippen molar-refractivity contribution in [2.24, 2.45) is 0 Å². The maximum absolute atomic E-state index is 12.2. The molecule has 1 aromatic carbocycles. The molecule has 1 N–H and O–H groups in total. The van der Waals surface area contributed by atoms with Gasteiger partial charge in [0.15, 0.2) is 0 Å². The van der Waals surface area contributed by atoms with Gasteiger partial charge in [-0.25, -0.2) is 4.79 Å². The number of carbonyl (C=O) groups is 2. The fourth-order valence-corrected chi connectivity index (χ4v) is 2.67. The minimum Gasteiger partial charge on any atom is -0.497 e. The van der Waals surface area contributed by atoms with Gasteiger partial charge in [-0.1, -0.05) is 12.1 Å². The van der Waals surface area contributed by atoms with Crippen molar-refractivity contribution in [3.8, 4) is 5.75 Å². The van der Waals surface area contributed by atoms with Crippen molar-refractivity contribution in [3.63, 3.8) is 0 Å². The van der Waals surface area contributed by atoms with E-state index in [1.807, 2.05) is 24.3 Å². The molecule has 0 saturated carbocycles. The predicted octanol–water partition coefficient (Wildman–Crippen LogP) is 2.09. The highest BCUT2D eigenvalue weighted by molar-refractivity contribution is 5.84. The second kappa shape index (κ2) is 7.11. The van der Waals surface area contributed by atoms with Gasteiger partial charge in [-0.2, -0.15) is 0 Å². The van der Waals surface area contributed by atoms with Crippen molar-refractivity contribution in [1.29, 1.82) is 0 Å². The largest absolute Gasteiger partial charge is 0.497 e. The van der Waals surface area contributed by atoms with Crippen LogP contribution in [0.25, 0.3) is 0 Å². The molecule has 2 rings (SSSR count). The number of aliphatic carboxylic acids is 1. The third-order valence-electron chi connectivity index (χ3n) is 3.89. The lowest BCUT2D eigenvalue weighted by Crippen LogP contribution is -2.48. The normalized spacial score (nSPS) is 18.3. The van der Waals surface area contributed by atoms with Gasteiger partial charge in [-0.15, -0.1) is 0 Å². The molecule has 21 heavy (non-hydrogen) atoms. The van der Waals surface area contributed by atoms with E-state index in [0.717, 1.165) is 24.2 Å². The van der Waals surface area contributed by atoms with Crippen LogP contribution < -0.4 is 4.74 Å². The molecule has 1 aliphatic heterocycles. The molecule has 5 nitrogen and oxygen atoms in total. The molecule has 0 unspecified atom stereocenters. The third-order valence-corrected chi connectivity index (χ3v) is 3.89. The van der Waals surface area contributed by atoms with Gasteiger partial charge in [-0.3, -0.25) is 4.79 Å². The lowest BCUT2D eigenvalue weighted by atomic mass is 10.0. The van der Waals surface area contributed by atoms with Crippen molar-refractivity contribution in [2.45, 2.75) is 38.1 Å². The second-order valence-electron chi connectivity index (χ2n) is 5.29. The lowest BCUT2D eigenvalue weighted by molar-refractivity contribution is -0.152. The molecule has 1 amide bonds. The van der Waals surface area contributed by atoms with Gasteiger partial charge in [0.1, 0.15) is 11.8 Å². The Kier molecular flexibility index (Phi) is 5.20. The summed E-state index contributed by atoms with van der Waals surface area (Å²) < 4.78 is 5.09. The van der Waals surface area contributed by atoms with Gasteiger partial charge < -0.3 is 14.7 Å². The number of carboxylic acid groups (broad SMARTS) is 1. The minimum absolute atomic E-state index is 0.0714. The summed E-state index contributed by atoms with van der Waals surface area (Å²) in [5.74, 6) is -0.183. The molecule has 1 aliphatic rings. The summed E-state index contributed by atoms with van der Waals surface area (Å²) in [6.45, 7) is 0.554. The zero-order chi connectivity index (χ0) is 15.2. The number of ether oxygens (including phenoxy) is 1. The third kappa shape index (κ3) is 3.97. The number of benzene rings is 1. The maximum atomic E-state index is 12.2. The van der Waals surface area contributed by atoms with Crippen LogP contribution in [0.1, 0.15) is 31.2 Å². The summed E-state index contributed by atoms with van der Waals surface area (Å²) in [5.41, 5.74) is 1.05. The van der Waals surface area contributed by atoms with E-state index in [1.165, 1.54) is 4.90 Å². The van der Waals surface area contributed by atoms with Crippen LogP contribution in [0.3, 0.4) is 0 Å². The summed E-state index contributed by atoms with van der Waals surface area (Å²) in [7, 11) is 1.61. The average molecular weight is 291 g/mol. The molecule has 0 aliphatic carbocycles. The van der Waals surface area contributed by atoms with Crippen molar-refractivity contribution < 1.29 is 19.4 Å². The first kappa shape index (κ1) is 15.4. The number of carbonyl (C=O) groups excluding carboxylic acids is 1. The van der Waals surface area contributed by atoms with Gasteiger partial charge >= 0.3 is 5.97 Å². The molecular formula is C16H21NO4. The maximum Gasteiger partial charge on any atom is 0.326 e. The minimum atomic E-state index is -0.896. The Bertz CT molecular complexity index is 498. The Morgan fingerprint density at radius 2 is 2.00 bits per heavy atom. The Balaban J connectivity index is 1.91. The SMILES string of the molecule is COc1ccc(CCC(=O)N2CCCC[C@H]2C(=O)O)cc1. The molecule has 1 aromatic rings. The smallest absolute Gasteiger partial charge is 0.326 e. The molecule has 1 fully saturated rings. The Morgan fingerprint density at radius 1 is 1.29 bits per heavy atom. The summed E-state index contributed by atoms with van der Waals surface area (Å²) >= 11 is 0. The van der Waals surface area contributed by atoms with Gasteiger partial charge in [0.25, 0.3) is 0 Å². The van der Waals surface area contributed by atoms with Gasteiger partial charge in [0, 0.05) is 13.0 Å². The van der Waals surface area contributed by atoms with E-state index in [1.54, 1.807) is 7.11 Å². The predicted molar refractivity (Wildman–Crippen MR) is 78.3 cm³/mol. The lowest BCUT2D eigenvalue weighted by Gasteiger charge is -2.33. The van der Waals surface area contributed by atoms with Crippen molar-refractivity contribution in [2.75, 3.05) is 13.7 Å². The van der Waals surface area contributed by atoms with Crippen LogP contribution in [0.5, 0.6) is 5.75 Å². The fraction of sp³-hybridized carbons (Fsp3) is 0.500. The van der Waals surface area contributed by atoms with Crippen LogP contribution >= 0.6 is 0 Å². The van der Waals surface area contributed by atoms with E-state index in [9.17, 15) is 14.7 Å². The molecule has 0 spiro atoms. The number of methoxy groups -OCH3 is 1. The number of likely N-dealkylation sites (tertiary alicyclic amines) is 1. The van der Waals surface area contributed by atoms with Crippen molar-refractivity contribution in [1.82, 2.24) is 4.90 Å². The molecule has 1 saturated heterocycles. The van der Waals surface area contributed by atoms with Crippen LogP contribution in [0.4, 0.5) is 0 Å². The number of carboxylic acids is 1. The number of amides is 1. The summed E-state index contributed by atoms with van der Waals surface area (Å²) in [6, 6.07) is 6.93. The number of hydrogen-bond acceptors (Lipinski definition) is 3. The number of rotatable bonds is 5. The van der Waals surface area contributed by atoms with Gasteiger partial charge in [0.05, 0.1) is 7.11 Å². The molecule has 0 aromatic heterocycles. The fourth-order valence-electron chi connectivity index (χ4n) is 2.67. The van der Waals surface area contributed by atoms with E-state index in [0.29, 0.717) is 25.8 Å². The van der Waals surface area contributed by atoms with Crippen LogP contribution in [0.2, 0.25) is 0 Å². The van der Waals surface area contributed by atoms with Crippen molar-refractivity contribution >= 4 is 11.9 Å². The average Bonchev–Trinajstić information content (AvgIpc) is 2.53. The van der Waals surface area contributed by atoms with Crippen LogP contribution in [0, 0.1) is 0 Å². The van der Waals surface area contributed by atoms with Gasteiger partial charge in [0.2, 0.25) is 5.91 Å². The summed E-state index contributed by atoms with van der Waals surface area (Å²) in [5, 5.41) is 9.19. The highest BCUT2D eigenvalue weighted by atomic mass is 16.5. The van der Waals surface area contributed by atoms with E-state index < -0.39 is 12.0 Å². The first-order chi connectivity index (χ1) is 10.1. The topological polar surface area (TPSA) is 66.8 Å². The summed E-state index contributed by atoms with van der Waals surface area (Å²) in [6.07, 6.45) is 3.28. The van der Waals surface area contributed by atoms with Gasteiger partial charge in [-0.05, 0) is 43.4 Å². The van der Waals surface area contributed by atoms with E-state index >= 15 is 0 Å². The van der Waals surface area contributed by atoms with Crippen LogP contribution in [-0.2, 0) is 16.0 Å². The molecule has 0 bridgehead atoms. The molecule has 114 valence electrons. The number of hydrogen-bond donors (Lipinski definition) is 1. The molecular weight excluding hydrogens is 270 g/mol. The molecule has 1 atom stereocenters. The van der Waals surface area contributed by atoms with E-state index in [-0.39, 0.29) is 5.91 Å². The molecule has 1 heterocycles. The monoisotopic (exact) mass is 291 g/mol. The zero-order valence-electron chi connectivity index (χ0n) is 12.2. The zero-order valence-corrected chi connectivity index (χ0v) is 12.2. The second-order valence-corrected chi connectivity index (χ2v) is 5.29. The number of aryl methyl sites for hydroxylation is 1. The highest BCUT2D eigenvalue weighted by Gasteiger charge is 2.31. The number of piperidine rings is 1. The Hall–Kier alpha value is -2.04. The first-order valence-electron chi connectivity index (χ1n) is 7.27. The van der Waals surface area contributed by atoms with E-state index in [4.69, 9.17) is 4.74 Å². The summed E-state index contributed by atoms with van der Waals surface area (Å²) in [4.78, 5) is 25.0. The highest BCUT2D eigenvalue weighted by Crippen LogP contribution is 2.19. The van der Waals surface area contributed by atoms with Crippen LogP contribution in [-0.4, -0.2) is 41.6 Å². The van der Waals surface area contributed by atoms with Crippen molar-refractivity contribution in [3.05, 3.63) is 29.8 Å². The van der Waals surface area contributed by atoms with Crippen LogP contribution in [0.15, 0.2) is 24.3 Å². The molecule has 0 radical (unpaired) electrons.